The highest BCUT2D eigenvalue weighted by Crippen LogP contribution is 2.47. The van der Waals surface area contributed by atoms with Gasteiger partial charge in [0.2, 0.25) is 5.91 Å². The van der Waals surface area contributed by atoms with Gasteiger partial charge in [-0.3, -0.25) is 4.79 Å². The second kappa shape index (κ2) is 5.07. The number of alkyl halides is 1. The minimum Gasteiger partial charge on any atom is -0.355 e. The second-order valence-electron chi connectivity index (χ2n) is 5.83. The van der Waals surface area contributed by atoms with Gasteiger partial charge in [-0.1, -0.05) is 36.2 Å². The average molecular weight is 288 g/mol. The molecule has 2 rings (SSSR count). The lowest BCUT2D eigenvalue weighted by Crippen LogP contribution is -2.38. The summed E-state index contributed by atoms with van der Waals surface area (Å²) in [5.74, 6) is 3.15. The van der Waals surface area contributed by atoms with Gasteiger partial charge in [-0.25, -0.2) is 0 Å². The fraction of sp³-hybridized carbons (Fsp3) is 0.923. The quantitative estimate of drug-likeness (QED) is 0.792. The van der Waals surface area contributed by atoms with E-state index in [2.05, 4.69) is 35.1 Å². The molecule has 0 saturated heterocycles. The third-order valence-corrected chi connectivity index (χ3v) is 5.73. The van der Waals surface area contributed by atoms with E-state index in [9.17, 15) is 4.79 Å². The first-order chi connectivity index (χ1) is 7.58. The molecule has 16 heavy (non-hydrogen) atoms. The highest BCUT2D eigenvalue weighted by atomic mass is 79.9. The zero-order valence-electron chi connectivity index (χ0n) is 10.2. The van der Waals surface area contributed by atoms with E-state index in [4.69, 9.17) is 0 Å². The zero-order valence-corrected chi connectivity index (χ0v) is 11.8. The van der Waals surface area contributed by atoms with Crippen LogP contribution < -0.4 is 5.32 Å². The minimum absolute atomic E-state index is 0.0360. The molecule has 0 aromatic rings. The summed E-state index contributed by atoms with van der Waals surface area (Å²) in [5.41, 5.74) is 0. The molecule has 2 aliphatic rings. The summed E-state index contributed by atoms with van der Waals surface area (Å²) >= 11 is 3.45. The predicted molar refractivity (Wildman–Crippen MR) is 69.5 cm³/mol. The van der Waals surface area contributed by atoms with Crippen LogP contribution in [0.15, 0.2) is 0 Å². The summed E-state index contributed by atoms with van der Waals surface area (Å²) < 4.78 is 0. The third kappa shape index (κ3) is 2.61. The molecule has 4 atom stereocenters. The molecular weight excluding hydrogens is 266 g/mol. The molecule has 2 fully saturated rings. The van der Waals surface area contributed by atoms with Gasteiger partial charge in [-0.15, -0.1) is 0 Å². The Morgan fingerprint density at radius 1 is 1.38 bits per heavy atom. The van der Waals surface area contributed by atoms with Crippen molar-refractivity contribution in [2.24, 2.45) is 23.7 Å². The molecule has 2 saturated carbocycles. The standard InChI is InChI=1S/C13H22BrNO/c1-8(2)12(14)13(16)15-7-11-6-9-3-4-10(11)5-9/h8-12H,3-7H2,1-2H3,(H,15,16). The number of carbonyl (C=O) groups is 1. The number of nitrogens with one attached hydrogen (secondary N) is 1. The maximum atomic E-state index is 11.8. The summed E-state index contributed by atoms with van der Waals surface area (Å²) in [6, 6.07) is 0. The van der Waals surface area contributed by atoms with E-state index < -0.39 is 0 Å². The molecule has 2 bridgehead atoms. The van der Waals surface area contributed by atoms with Crippen LogP contribution in [0.5, 0.6) is 0 Å². The van der Waals surface area contributed by atoms with Crippen molar-refractivity contribution in [3.8, 4) is 0 Å². The number of halogens is 1. The van der Waals surface area contributed by atoms with Gasteiger partial charge in [0.05, 0.1) is 4.83 Å². The Hall–Kier alpha value is -0.0500. The van der Waals surface area contributed by atoms with Crippen LogP contribution in [0.4, 0.5) is 0 Å². The summed E-state index contributed by atoms with van der Waals surface area (Å²) in [5, 5.41) is 3.10. The first-order valence-electron chi connectivity index (χ1n) is 6.49. The lowest BCUT2D eigenvalue weighted by atomic mass is 9.89. The maximum Gasteiger partial charge on any atom is 0.234 e. The zero-order chi connectivity index (χ0) is 11.7. The largest absolute Gasteiger partial charge is 0.355 e. The van der Waals surface area contributed by atoms with Gasteiger partial charge in [-0.2, -0.15) is 0 Å². The first kappa shape index (κ1) is 12.4. The number of hydrogen-bond donors (Lipinski definition) is 1. The number of rotatable bonds is 4. The molecule has 1 amide bonds. The van der Waals surface area contributed by atoms with E-state index in [1.807, 2.05) is 0 Å². The molecule has 3 heteroatoms. The van der Waals surface area contributed by atoms with Crippen molar-refractivity contribution < 1.29 is 4.79 Å². The van der Waals surface area contributed by atoms with E-state index in [1.54, 1.807) is 0 Å². The van der Waals surface area contributed by atoms with Crippen molar-refractivity contribution in [2.45, 2.75) is 44.4 Å². The maximum absolute atomic E-state index is 11.8. The van der Waals surface area contributed by atoms with Gasteiger partial charge in [0.15, 0.2) is 0 Å². The molecular formula is C13H22BrNO. The minimum atomic E-state index is -0.0360. The van der Waals surface area contributed by atoms with Crippen molar-refractivity contribution in [3.05, 3.63) is 0 Å². The summed E-state index contributed by atoms with van der Waals surface area (Å²) in [7, 11) is 0. The number of hydrogen-bond acceptors (Lipinski definition) is 1. The van der Waals surface area contributed by atoms with Crippen LogP contribution in [0.1, 0.15) is 39.5 Å². The monoisotopic (exact) mass is 287 g/mol. The van der Waals surface area contributed by atoms with Crippen LogP contribution in [0.25, 0.3) is 0 Å². The molecule has 0 radical (unpaired) electrons. The Labute approximate surface area is 107 Å². The summed E-state index contributed by atoms with van der Waals surface area (Å²) in [4.78, 5) is 11.8. The van der Waals surface area contributed by atoms with Gasteiger partial charge in [-0.05, 0) is 42.9 Å². The molecule has 2 nitrogen and oxygen atoms in total. The van der Waals surface area contributed by atoms with E-state index in [0.29, 0.717) is 5.92 Å². The predicted octanol–water partition coefficient (Wildman–Crippen LogP) is 2.96. The second-order valence-corrected chi connectivity index (χ2v) is 6.81. The molecule has 1 N–H and O–H groups in total. The normalized spacial score (nSPS) is 34.4. The first-order valence-corrected chi connectivity index (χ1v) is 7.41. The Balaban J connectivity index is 1.73. The molecule has 0 heterocycles. The molecule has 0 spiro atoms. The van der Waals surface area contributed by atoms with E-state index >= 15 is 0 Å². The highest BCUT2D eigenvalue weighted by Gasteiger charge is 2.39. The summed E-state index contributed by atoms with van der Waals surface area (Å²) in [6.45, 7) is 5.03. The lowest BCUT2D eigenvalue weighted by molar-refractivity contribution is -0.121. The van der Waals surface area contributed by atoms with Gasteiger partial charge >= 0.3 is 0 Å². The molecule has 92 valence electrons. The van der Waals surface area contributed by atoms with E-state index in [1.165, 1.54) is 25.7 Å². The molecule has 0 aliphatic heterocycles. The smallest absolute Gasteiger partial charge is 0.234 e. The lowest BCUT2D eigenvalue weighted by Gasteiger charge is -2.23. The molecule has 0 aromatic heterocycles. The molecule has 2 aliphatic carbocycles. The van der Waals surface area contributed by atoms with Crippen LogP contribution in [0.3, 0.4) is 0 Å². The van der Waals surface area contributed by atoms with Crippen molar-refractivity contribution >= 4 is 21.8 Å². The Morgan fingerprint density at radius 2 is 2.12 bits per heavy atom. The van der Waals surface area contributed by atoms with Crippen molar-refractivity contribution in [3.63, 3.8) is 0 Å². The number of fused-ring (bicyclic) bond motifs is 2. The number of carbonyl (C=O) groups excluding carboxylic acids is 1. The molecule has 4 unspecified atom stereocenters. The van der Waals surface area contributed by atoms with Gasteiger partial charge < -0.3 is 5.32 Å². The molecule has 0 aromatic carbocycles. The fourth-order valence-corrected chi connectivity index (χ4v) is 3.42. The van der Waals surface area contributed by atoms with E-state index in [-0.39, 0.29) is 10.7 Å². The summed E-state index contributed by atoms with van der Waals surface area (Å²) in [6.07, 6.45) is 5.59. The van der Waals surface area contributed by atoms with Crippen molar-refractivity contribution in [1.29, 1.82) is 0 Å². The average Bonchev–Trinajstić information content (AvgIpc) is 2.86. The SMILES string of the molecule is CC(C)C(Br)C(=O)NCC1CC2CCC1C2. The third-order valence-electron chi connectivity index (χ3n) is 4.26. The Kier molecular flexibility index (Phi) is 3.93. The Morgan fingerprint density at radius 3 is 2.62 bits per heavy atom. The van der Waals surface area contributed by atoms with Gasteiger partial charge in [0, 0.05) is 6.54 Å². The van der Waals surface area contributed by atoms with Crippen molar-refractivity contribution in [1.82, 2.24) is 5.32 Å². The fourth-order valence-electron chi connectivity index (χ4n) is 3.26. The van der Waals surface area contributed by atoms with Crippen LogP contribution in [0, 0.1) is 23.7 Å². The Bertz CT molecular complexity index is 267. The van der Waals surface area contributed by atoms with Crippen LogP contribution in [0.2, 0.25) is 0 Å². The van der Waals surface area contributed by atoms with Crippen LogP contribution in [-0.2, 0) is 4.79 Å². The van der Waals surface area contributed by atoms with E-state index in [0.717, 1.165) is 24.3 Å². The topological polar surface area (TPSA) is 29.1 Å². The number of amides is 1. The van der Waals surface area contributed by atoms with Gasteiger partial charge in [0.25, 0.3) is 0 Å². The van der Waals surface area contributed by atoms with Crippen molar-refractivity contribution in [2.75, 3.05) is 6.54 Å². The highest BCUT2D eigenvalue weighted by molar-refractivity contribution is 9.10. The van der Waals surface area contributed by atoms with Crippen LogP contribution >= 0.6 is 15.9 Å². The van der Waals surface area contributed by atoms with Crippen LogP contribution in [-0.4, -0.2) is 17.3 Å². The van der Waals surface area contributed by atoms with Gasteiger partial charge in [0.1, 0.15) is 0 Å².